The van der Waals surface area contributed by atoms with Gasteiger partial charge in [-0.05, 0) is 68.3 Å². The Morgan fingerprint density at radius 2 is 2.06 bits per heavy atom. The normalized spacial score (nSPS) is 12.1. The Hall–Kier alpha value is 0.620. The van der Waals surface area contributed by atoms with Gasteiger partial charge in [-0.25, -0.2) is 0 Å². The van der Waals surface area contributed by atoms with Gasteiger partial charge in [-0.1, -0.05) is 20.8 Å². The maximum atomic E-state index is 3.61. The standard InChI is InChI=1S/C12H19Br2NS/c1-4-15-8-12(2,3)6-5-9-7-10(13)16-11(9)14/h7,15H,4-6,8H2,1-3H3. The van der Waals surface area contributed by atoms with E-state index in [9.17, 15) is 0 Å². The molecule has 4 heteroatoms. The fraction of sp³-hybridized carbons (Fsp3) is 0.667. The second-order valence-electron chi connectivity index (χ2n) is 4.79. The average molecular weight is 369 g/mol. The molecule has 0 unspecified atom stereocenters. The van der Waals surface area contributed by atoms with E-state index in [1.165, 1.54) is 19.6 Å². The summed E-state index contributed by atoms with van der Waals surface area (Å²) < 4.78 is 2.47. The van der Waals surface area contributed by atoms with E-state index in [0.717, 1.165) is 19.5 Å². The maximum Gasteiger partial charge on any atom is 0.0742 e. The van der Waals surface area contributed by atoms with Crippen molar-refractivity contribution in [3.8, 4) is 0 Å². The molecule has 0 spiro atoms. The fourth-order valence-corrected chi connectivity index (χ4v) is 4.48. The highest BCUT2D eigenvalue weighted by Crippen LogP contribution is 2.34. The van der Waals surface area contributed by atoms with Gasteiger partial charge in [-0.2, -0.15) is 0 Å². The number of halogens is 2. The molecule has 0 aliphatic rings. The van der Waals surface area contributed by atoms with Crippen LogP contribution in [-0.2, 0) is 6.42 Å². The molecule has 0 saturated carbocycles. The lowest BCUT2D eigenvalue weighted by molar-refractivity contribution is 0.318. The summed E-state index contributed by atoms with van der Waals surface area (Å²) in [6.45, 7) is 8.95. The molecule has 1 heterocycles. The maximum absolute atomic E-state index is 3.61. The van der Waals surface area contributed by atoms with Crippen LogP contribution in [-0.4, -0.2) is 13.1 Å². The van der Waals surface area contributed by atoms with Gasteiger partial charge in [0, 0.05) is 6.54 Å². The number of hydrogen-bond donors (Lipinski definition) is 1. The molecule has 0 amide bonds. The van der Waals surface area contributed by atoms with Gasteiger partial charge in [-0.3, -0.25) is 0 Å². The summed E-state index contributed by atoms with van der Waals surface area (Å²) in [6.07, 6.45) is 2.35. The Kier molecular flexibility index (Phi) is 5.99. The molecule has 0 bridgehead atoms. The van der Waals surface area contributed by atoms with Gasteiger partial charge in [0.2, 0.25) is 0 Å². The Bertz CT molecular complexity index is 334. The number of nitrogens with one attached hydrogen (secondary N) is 1. The molecule has 0 atom stereocenters. The quantitative estimate of drug-likeness (QED) is 0.757. The van der Waals surface area contributed by atoms with Crippen LogP contribution < -0.4 is 5.32 Å². The van der Waals surface area contributed by atoms with E-state index in [1.807, 2.05) is 0 Å². The largest absolute Gasteiger partial charge is 0.316 e. The van der Waals surface area contributed by atoms with Gasteiger partial charge >= 0.3 is 0 Å². The molecule has 0 radical (unpaired) electrons. The van der Waals surface area contributed by atoms with Crippen LogP contribution in [0.15, 0.2) is 13.6 Å². The second kappa shape index (κ2) is 6.53. The Balaban J connectivity index is 2.47. The Labute approximate surface area is 119 Å². The lowest BCUT2D eigenvalue weighted by atomic mass is 9.86. The van der Waals surface area contributed by atoms with Crippen molar-refractivity contribution < 1.29 is 0 Å². The summed E-state index contributed by atoms with van der Waals surface area (Å²) in [7, 11) is 0. The van der Waals surface area contributed by atoms with Crippen molar-refractivity contribution in [2.75, 3.05) is 13.1 Å². The molecule has 0 aliphatic carbocycles. The summed E-state index contributed by atoms with van der Waals surface area (Å²) >= 11 is 8.89. The van der Waals surface area contributed by atoms with Crippen LogP contribution >= 0.6 is 43.2 Å². The molecule has 1 rings (SSSR count). The third-order valence-electron chi connectivity index (χ3n) is 2.65. The zero-order chi connectivity index (χ0) is 12.2. The van der Waals surface area contributed by atoms with Crippen LogP contribution in [0.4, 0.5) is 0 Å². The average Bonchev–Trinajstić information content (AvgIpc) is 2.52. The van der Waals surface area contributed by atoms with E-state index in [4.69, 9.17) is 0 Å². The highest BCUT2D eigenvalue weighted by molar-refractivity contribution is 9.12. The van der Waals surface area contributed by atoms with Crippen molar-refractivity contribution in [3.05, 3.63) is 19.2 Å². The highest BCUT2D eigenvalue weighted by atomic mass is 79.9. The first-order chi connectivity index (χ1) is 7.44. The third kappa shape index (κ3) is 4.86. The summed E-state index contributed by atoms with van der Waals surface area (Å²) in [5.41, 5.74) is 1.78. The SMILES string of the molecule is CCNCC(C)(C)CCc1cc(Br)sc1Br. The van der Waals surface area contributed by atoms with E-state index in [0.29, 0.717) is 5.41 Å². The Morgan fingerprint density at radius 1 is 1.38 bits per heavy atom. The number of rotatable bonds is 6. The van der Waals surface area contributed by atoms with Gasteiger partial charge in [0.1, 0.15) is 0 Å². The molecule has 0 fully saturated rings. The summed E-state index contributed by atoms with van der Waals surface area (Å²) in [4.78, 5) is 0. The summed E-state index contributed by atoms with van der Waals surface area (Å²) in [6, 6.07) is 2.22. The van der Waals surface area contributed by atoms with E-state index in [-0.39, 0.29) is 0 Å². The van der Waals surface area contributed by atoms with Crippen LogP contribution in [0.5, 0.6) is 0 Å². The predicted molar refractivity (Wildman–Crippen MR) is 80.4 cm³/mol. The van der Waals surface area contributed by atoms with E-state index in [1.54, 1.807) is 11.3 Å². The molecule has 1 aromatic rings. The minimum Gasteiger partial charge on any atom is -0.316 e. The smallest absolute Gasteiger partial charge is 0.0742 e. The molecule has 0 aromatic carbocycles. The highest BCUT2D eigenvalue weighted by Gasteiger charge is 2.18. The van der Waals surface area contributed by atoms with Gasteiger partial charge in [0.25, 0.3) is 0 Å². The summed E-state index contributed by atoms with van der Waals surface area (Å²) in [5, 5.41) is 3.43. The van der Waals surface area contributed by atoms with Gasteiger partial charge in [0.05, 0.1) is 7.57 Å². The summed E-state index contributed by atoms with van der Waals surface area (Å²) in [5.74, 6) is 0. The van der Waals surface area contributed by atoms with E-state index in [2.05, 4.69) is 64.0 Å². The Morgan fingerprint density at radius 3 is 2.56 bits per heavy atom. The zero-order valence-electron chi connectivity index (χ0n) is 10.1. The van der Waals surface area contributed by atoms with Crippen LogP contribution in [0.2, 0.25) is 0 Å². The predicted octanol–water partition coefficient (Wildman–Crippen LogP) is 4.84. The van der Waals surface area contributed by atoms with Crippen LogP contribution in [0.3, 0.4) is 0 Å². The first-order valence-corrected chi connectivity index (χ1v) is 7.99. The molecule has 1 nitrogen and oxygen atoms in total. The van der Waals surface area contributed by atoms with Gasteiger partial charge in [0.15, 0.2) is 0 Å². The lowest BCUT2D eigenvalue weighted by Gasteiger charge is -2.24. The minimum atomic E-state index is 0.365. The topological polar surface area (TPSA) is 12.0 Å². The van der Waals surface area contributed by atoms with Crippen molar-refractivity contribution in [2.45, 2.75) is 33.6 Å². The molecule has 92 valence electrons. The molecular formula is C12H19Br2NS. The molecule has 0 aliphatic heterocycles. The van der Waals surface area contributed by atoms with Crippen LogP contribution in [0.1, 0.15) is 32.8 Å². The zero-order valence-corrected chi connectivity index (χ0v) is 14.1. The van der Waals surface area contributed by atoms with Crippen molar-refractivity contribution >= 4 is 43.2 Å². The van der Waals surface area contributed by atoms with Gasteiger partial charge in [-0.15, -0.1) is 11.3 Å². The molecule has 1 aromatic heterocycles. The van der Waals surface area contributed by atoms with Crippen molar-refractivity contribution in [2.24, 2.45) is 5.41 Å². The molecule has 1 N–H and O–H groups in total. The number of aryl methyl sites for hydroxylation is 1. The minimum absolute atomic E-state index is 0.365. The first-order valence-electron chi connectivity index (χ1n) is 5.59. The molecule has 16 heavy (non-hydrogen) atoms. The molecular weight excluding hydrogens is 350 g/mol. The van der Waals surface area contributed by atoms with Gasteiger partial charge < -0.3 is 5.32 Å². The number of hydrogen-bond acceptors (Lipinski definition) is 2. The van der Waals surface area contributed by atoms with E-state index >= 15 is 0 Å². The van der Waals surface area contributed by atoms with Crippen molar-refractivity contribution in [3.63, 3.8) is 0 Å². The first kappa shape index (κ1) is 14.7. The monoisotopic (exact) mass is 367 g/mol. The fourth-order valence-electron chi connectivity index (χ4n) is 1.57. The van der Waals surface area contributed by atoms with Crippen LogP contribution in [0.25, 0.3) is 0 Å². The third-order valence-corrected chi connectivity index (χ3v) is 5.12. The van der Waals surface area contributed by atoms with Crippen LogP contribution in [0, 0.1) is 5.41 Å². The van der Waals surface area contributed by atoms with Crippen molar-refractivity contribution in [1.82, 2.24) is 5.32 Å². The lowest BCUT2D eigenvalue weighted by Crippen LogP contribution is -2.29. The second-order valence-corrected chi connectivity index (χ2v) is 8.54. The number of thiophene rings is 1. The van der Waals surface area contributed by atoms with Crippen molar-refractivity contribution in [1.29, 1.82) is 0 Å². The molecule has 0 saturated heterocycles. The van der Waals surface area contributed by atoms with E-state index < -0.39 is 0 Å².